The van der Waals surface area contributed by atoms with Gasteiger partial charge in [0.1, 0.15) is 6.23 Å². The molecule has 0 aromatic rings. The van der Waals surface area contributed by atoms with Gasteiger partial charge in [0.05, 0.1) is 25.0 Å². The Hall–Kier alpha value is -0.870. The Bertz CT molecular complexity index is 462. The van der Waals surface area contributed by atoms with E-state index < -0.39 is 0 Å². The summed E-state index contributed by atoms with van der Waals surface area (Å²) >= 11 is 0. The van der Waals surface area contributed by atoms with Crippen LogP contribution in [0.4, 0.5) is 0 Å². The molecule has 1 N–H and O–H groups in total. The summed E-state index contributed by atoms with van der Waals surface area (Å²) in [5.41, 5.74) is 0. The van der Waals surface area contributed by atoms with Crippen LogP contribution in [0.5, 0.6) is 0 Å². The Kier molecular flexibility index (Phi) is 5.42. The third-order valence-electron chi connectivity index (χ3n) is 5.94. The first-order valence-corrected chi connectivity index (χ1v) is 9.20. The van der Waals surface area contributed by atoms with Gasteiger partial charge in [0.15, 0.2) is 0 Å². The Labute approximate surface area is 140 Å². The van der Waals surface area contributed by atoms with Gasteiger partial charge in [-0.1, -0.05) is 6.92 Å². The number of nitrogens with zero attached hydrogens (tertiary/aromatic N) is 1. The molecular weight excluding hydrogens is 288 g/mol. The summed E-state index contributed by atoms with van der Waals surface area (Å²) < 4.78 is 11.6. The monoisotopic (exact) mass is 320 g/mol. The van der Waals surface area contributed by atoms with Gasteiger partial charge < -0.3 is 9.47 Å². The van der Waals surface area contributed by atoms with E-state index in [0.717, 1.165) is 24.5 Å². The zero-order chi connectivity index (χ0) is 16.4. The first-order chi connectivity index (χ1) is 11.1. The van der Waals surface area contributed by atoms with Crippen LogP contribution < -0.4 is 5.32 Å². The number of hydrogen-bond acceptors (Lipinski definition) is 4. The van der Waals surface area contributed by atoms with Crippen LogP contribution in [0.2, 0.25) is 0 Å². The third kappa shape index (κ3) is 3.97. The molecule has 0 radical (unpaired) electrons. The molecule has 130 valence electrons. The summed E-state index contributed by atoms with van der Waals surface area (Å²) in [6.45, 7) is 6.57. The molecule has 3 aliphatic heterocycles. The SMILES string of the molecule is COC(C)=CCC1CC2CC(C3CC(C)CC=N3)NC2OC1C. The maximum atomic E-state index is 6.30. The Balaban J connectivity index is 1.58. The molecule has 3 heterocycles. The Morgan fingerprint density at radius 2 is 2.17 bits per heavy atom. The van der Waals surface area contributed by atoms with Gasteiger partial charge in [-0.2, -0.15) is 0 Å². The number of nitrogens with one attached hydrogen (secondary N) is 1. The zero-order valence-electron chi connectivity index (χ0n) is 15.0. The van der Waals surface area contributed by atoms with Crippen molar-refractivity contribution in [2.75, 3.05) is 7.11 Å². The normalized spacial score (nSPS) is 44.2. The number of methoxy groups -OCH3 is 1. The molecule has 4 heteroatoms. The van der Waals surface area contributed by atoms with Crippen LogP contribution in [0, 0.1) is 17.8 Å². The van der Waals surface area contributed by atoms with Crippen LogP contribution in [0.3, 0.4) is 0 Å². The molecule has 2 fully saturated rings. The maximum absolute atomic E-state index is 6.30. The van der Waals surface area contributed by atoms with E-state index in [4.69, 9.17) is 14.5 Å². The topological polar surface area (TPSA) is 42.8 Å². The van der Waals surface area contributed by atoms with Crippen molar-refractivity contribution < 1.29 is 9.47 Å². The molecule has 2 saturated heterocycles. The quantitative estimate of drug-likeness (QED) is 0.806. The van der Waals surface area contributed by atoms with Crippen molar-refractivity contribution in [1.82, 2.24) is 5.32 Å². The van der Waals surface area contributed by atoms with Gasteiger partial charge in [-0.05, 0) is 70.1 Å². The summed E-state index contributed by atoms with van der Waals surface area (Å²) in [5.74, 6) is 2.99. The zero-order valence-corrected chi connectivity index (χ0v) is 15.0. The van der Waals surface area contributed by atoms with E-state index in [1.165, 1.54) is 19.3 Å². The molecule has 3 aliphatic rings. The number of fused-ring (bicyclic) bond motifs is 1. The van der Waals surface area contributed by atoms with Crippen molar-refractivity contribution in [3.8, 4) is 0 Å². The average molecular weight is 320 g/mol. The largest absolute Gasteiger partial charge is 0.502 e. The van der Waals surface area contributed by atoms with Gasteiger partial charge in [0.25, 0.3) is 0 Å². The van der Waals surface area contributed by atoms with Gasteiger partial charge in [-0.25, -0.2) is 0 Å². The van der Waals surface area contributed by atoms with E-state index in [0.29, 0.717) is 30.0 Å². The summed E-state index contributed by atoms with van der Waals surface area (Å²) in [6.07, 6.45) is 10.7. The molecule has 0 aromatic carbocycles. The van der Waals surface area contributed by atoms with E-state index in [9.17, 15) is 0 Å². The molecule has 0 aliphatic carbocycles. The number of rotatable bonds is 4. The van der Waals surface area contributed by atoms with E-state index >= 15 is 0 Å². The molecule has 0 aromatic heterocycles. The van der Waals surface area contributed by atoms with Crippen molar-refractivity contribution in [3.63, 3.8) is 0 Å². The number of hydrogen-bond donors (Lipinski definition) is 1. The van der Waals surface area contributed by atoms with Crippen molar-refractivity contribution in [2.24, 2.45) is 22.7 Å². The minimum atomic E-state index is 0.228. The van der Waals surface area contributed by atoms with E-state index in [1.807, 2.05) is 6.92 Å². The minimum Gasteiger partial charge on any atom is -0.502 e. The number of allylic oxidation sites excluding steroid dienone is 2. The van der Waals surface area contributed by atoms with Gasteiger partial charge in [-0.3, -0.25) is 10.3 Å². The highest BCUT2D eigenvalue weighted by Gasteiger charge is 2.44. The number of ether oxygens (including phenoxy) is 2. The van der Waals surface area contributed by atoms with Crippen LogP contribution in [-0.4, -0.2) is 37.7 Å². The van der Waals surface area contributed by atoms with Crippen LogP contribution in [-0.2, 0) is 9.47 Å². The van der Waals surface area contributed by atoms with E-state index in [1.54, 1.807) is 7.11 Å². The van der Waals surface area contributed by atoms with Gasteiger partial charge in [0.2, 0.25) is 0 Å². The highest BCUT2D eigenvalue weighted by molar-refractivity contribution is 5.58. The van der Waals surface area contributed by atoms with Crippen LogP contribution in [0.1, 0.15) is 52.9 Å². The van der Waals surface area contributed by atoms with Crippen LogP contribution >= 0.6 is 0 Å². The predicted molar refractivity (Wildman–Crippen MR) is 93.5 cm³/mol. The van der Waals surface area contributed by atoms with Crippen LogP contribution in [0.15, 0.2) is 16.8 Å². The molecule has 23 heavy (non-hydrogen) atoms. The van der Waals surface area contributed by atoms with Gasteiger partial charge in [0, 0.05) is 12.0 Å². The average Bonchev–Trinajstić information content (AvgIpc) is 2.95. The lowest BCUT2D eigenvalue weighted by Crippen LogP contribution is -2.45. The Morgan fingerprint density at radius 3 is 2.91 bits per heavy atom. The van der Waals surface area contributed by atoms with Crippen molar-refractivity contribution in [1.29, 1.82) is 0 Å². The number of aliphatic imine (C=N–C) groups is 1. The van der Waals surface area contributed by atoms with Crippen LogP contribution in [0.25, 0.3) is 0 Å². The predicted octanol–water partition coefficient (Wildman–Crippen LogP) is 3.53. The van der Waals surface area contributed by atoms with Crippen molar-refractivity contribution in [2.45, 2.75) is 77.3 Å². The molecule has 0 saturated carbocycles. The molecule has 0 bridgehead atoms. The molecule has 7 atom stereocenters. The molecule has 0 amide bonds. The summed E-state index contributed by atoms with van der Waals surface area (Å²) in [4.78, 5) is 4.76. The summed E-state index contributed by atoms with van der Waals surface area (Å²) in [6, 6.07) is 0.934. The first kappa shape index (κ1) is 17.0. The molecular formula is C19H32N2O2. The second-order valence-corrected chi connectivity index (χ2v) is 7.76. The molecule has 0 spiro atoms. The molecule has 4 nitrogen and oxygen atoms in total. The first-order valence-electron chi connectivity index (χ1n) is 9.20. The highest BCUT2D eigenvalue weighted by Crippen LogP contribution is 2.39. The minimum absolute atomic E-state index is 0.228. The molecule has 3 rings (SSSR count). The molecule has 7 unspecified atom stereocenters. The fourth-order valence-corrected chi connectivity index (χ4v) is 4.33. The summed E-state index contributed by atoms with van der Waals surface area (Å²) in [7, 11) is 1.74. The summed E-state index contributed by atoms with van der Waals surface area (Å²) in [5, 5.41) is 3.73. The van der Waals surface area contributed by atoms with Gasteiger partial charge >= 0.3 is 0 Å². The van der Waals surface area contributed by atoms with E-state index in [2.05, 4.69) is 31.5 Å². The van der Waals surface area contributed by atoms with E-state index in [-0.39, 0.29) is 6.23 Å². The standard InChI is InChI=1S/C19H32N2O2/c1-12-7-8-20-17(9-12)18-11-16-10-15(6-5-13(2)22-4)14(3)23-19(16)21-18/h5,8,12,14-19,21H,6-7,9-11H2,1-4H3. The fourth-order valence-electron chi connectivity index (χ4n) is 4.33. The second kappa shape index (κ2) is 7.35. The lowest BCUT2D eigenvalue weighted by atomic mass is 9.82. The highest BCUT2D eigenvalue weighted by atomic mass is 16.5. The second-order valence-electron chi connectivity index (χ2n) is 7.76. The smallest absolute Gasteiger partial charge is 0.111 e. The van der Waals surface area contributed by atoms with Gasteiger partial charge in [-0.15, -0.1) is 0 Å². The lowest BCUT2D eigenvalue weighted by molar-refractivity contribution is -0.104. The fraction of sp³-hybridized carbons (Fsp3) is 0.842. The Morgan fingerprint density at radius 1 is 1.35 bits per heavy atom. The lowest BCUT2D eigenvalue weighted by Gasteiger charge is -2.36. The van der Waals surface area contributed by atoms with Crippen molar-refractivity contribution in [3.05, 3.63) is 11.8 Å². The van der Waals surface area contributed by atoms with Crippen molar-refractivity contribution >= 4 is 6.21 Å². The maximum Gasteiger partial charge on any atom is 0.111 e. The third-order valence-corrected chi connectivity index (χ3v) is 5.94.